The van der Waals surface area contributed by atoms with Gasteiger partial charge in [-0.3, -0.25) is 0 Å². The summed E-state index contributed by atoms with van der Waals surface area (Å²) in [4.78, 5) is 0. The maximum Gasteiger partial charge on any atom is 0.134 e. The Hall–Kier alpha value is -1.64. The molecule has 0 bridgehead atoms. The van der Waals surface area contributed by atoms with E-state index in [1.165, 1.54) is 12.1 Å². The average molecular weight is 281 g/mol. The van der Waals surface area contributed by atoms with E-state index < -0.39 is 0 Å². The van der Waals surface area contributed by atoms with Crippen molar-refractivity contribution in [3.05, 3.63) is 57.6 Å². The first-order valence-electron chi connectivity index (χ1n) is 5.22. The minimum atomic E-state index is 0.0285. The third kappa shape index (κ3) is 2.61. The van der Waals surface area contributed by atoms with Gasteiger partial charge in [-0.15, -0.1) is 0 Å². The van der Waals surface area contributed by atoms with E-state index in [1.807, 2.05) is 0 Å². The minimum absolute atomic E-state index is 0.0285. The van der Waals surface area contributed by atoms with Gasteiger partial charge in [0.15, 0.2) is 0 Å². The third-order valence-electron chi connectivity index (χ3n) is 2.46. The second kappa shape index (κ2) is 5.34. The SMILES string of the molecule is Oc1cccc(/C=C/c2cccc(O)c2Cl)c1Cl. The summed E-state index contributed by atoms with van der Waals surface area (Å²) in [6.45, 7) is 0. The lowest BCUT2D eigenvalue weighted by Crippen LogP contribution is -1.78. The van der Waals surface area contributed by atoms with E-state index in [0.29, 0.717) is 11.1 Å². The van der Waals surface area contributed by atoms with Crippen molar-refractivity contribution in [3.63, 3.8) is 0 Å². The molecule has 2 N–H and O–H groups in total. The third-order valence-corrected chi connectivity index (χ3v) is 3.28. The zero-order chi connectivity index (χ0) is 13.1. The molecule has 0 spiro atoms. The first-order valence-corrected chi connectivity index (χ1v) is 5.98. The summed E-state index contributed by atoms with van der Waals surface area (Å²) in [7, 11) is 0. The molecule has 0 aliphatic rings. The van der Waals surface area contributed by atoms with Crippen LogP contribution in [0.15, 0.2) is 36.4 Å². The van der Waals surface area contributed by atoms with E-state index in [-0.39, 0.29) is 21.5 Å². The van der Waals surface area contributed by atoms with Crippen LogP contribution in [0.25, 0.3) is 12.2 Å². The summed E-state index contributed by atoms with van der Waals surface area (Å²) in [5, 5.41) is 19.5. The lowest BCUT2D eigenvalue weighted by atomic mass is 10.1. The molecule has 2 aromatic carbocycles. The first kappa shape index (κ1) is 12.8. The van der Waals surface area contributed by atoms with Crippen molar-refractivity contribution in [2.45, 2.75) is 0 Å². The Balaban J connectivity index is 2.36. The van der Waals surface area contributed by atoms with Crippen LogP contribution in [-0.2, 0) is 0 Å². The Labute approximate surface area is 115 Å². The summed E-state index contributed by atoms with van der Waals surface area (Å²) in [5.74, 6) is 0.0571. The van der Waals surface area contributed by atoms with Gasteiger partial charge in [-0.25, -0.2) is 0 Å². The van der Waals surface area contributed by atoms with Gasteiger partial charge in [0.2, 0.25) is 0 Å². The zero-order valence-corrected chi connectivity index (χ0v) is 10.8. The van der Waals surface area contributed by atoms with Crippen molar-refractivity contribution in [1.82, 2.24) is 0 Å². The number of aromatic hydroxyl groups is 2. The minimum Gasteiger partial charge on any atom is -0.506 e. The highest BCUT2D eigenvalue weighted by Gasteiger charge is 2.04. The maximum absolute atomic E-state index is 9.46. The first-order chi connectivity index (χ1) is 8.59. The molecule has 2 nitrogen and oxygen atoms in total. The molecule has 2 rings (SSSR count). The second-order valence-electron chi connectivity index (χ2n) is 3.69. The second-order valence-corrected chi connectivity index (χ2v) is 4.45. The number of phenols is 2. The summed E-state index contributed by atoms with van der Waals surface area (Å²) >= 11 is 11.9. The van der Waals surface area contributed by atoms with Crippen LogP contribution in [-0.4, -0.2) is 10.2 Å². The van der Waals surface area contributed by atoms with Crippen LogP contribution in [0.4, 0.5) is 0 Å². The highest BCUT2D eigenvalue weighted by Crippen LogP contribution is 2.30. The number of phenolic OH excluding ortho intramolecular Hbond substituents is 2. The molecule has 2 aromatic rings. The van der Waals surface area contributed by atoms with Crippen molar-refractivity contribution in [2.24, 2.45) is 0 Å². The monoisotopic (exact) mass is 280 g/mol. The van der Waals surface area contributed by atoms with E-state index >= 15 is 0 Å². The van der Waals surface area contributed by atoms with Crippen molar-refractivity contribution < 1.29 is 10.2 Å². The molecule has 0 atom stereocenters. The van der Waals surface area contributed by atoms with E-state index in [2.05, 4.69) is 0 Å². The van der Waals surface area contributed by atoms with Gasteiger partial charge < -0.3 is 10.2 Å². The molecule has 0 aromatic heterocycles. The molecule has 4 heteroatoms. The van der Waals surface area contributed by atoms with Gasteiger partial charge in [-0.05, 0) is 23.3 Å². The Morgan fingerprint density at radius 1 is 0.722 bits per heavy atom. The number of benzene rings is 2. The lowest BCUT2D eigenvalue weighted by molar-refractivity contribution is 0.475. The van der Waals surface area contributed by atoms with Crippen LogP contribution >= 0.6 is 23.2 Å². The van der Waals surface area contributed by atoms with Crippen molar-refractivity contribution in [1.29, 1.82) is 0 Å². The molecule has 0 saturated heterocycles. The van der Waals surface area contributed by atoms with Gasteiger partial charge in [0.1, 0.15) is 11.5 Å². The Morgan fingerprint density at radius 2 is 1.11 bits per heavy atom. The Kier molecular flexibility index (Phi) is 3.80. The highest BCUT2D eigenvalue weighted by atomic mass is 35.5. The normalized spacial score (nSPS) is 11.0. The average Bonchev–Trinajstić information content (AvgIpc) is 2.36. The highest BCUT2D eigenvalue weighted by molar-refractivity contribution is 6.34. The lowest BCUT2D eigenvalue weighted by Gasteiger charge is -2.02. The smallest absolute Gasteiger partial charge is 0.134 e. The van der Waals surface area contributed by atoms with Crippen molar-refractivity contribution >= 4 is 35.4 Å². The maximum atomic E-state index is 9.46. The van der Waals surface area contributed by atoms with Crippen LogP contribution in [0, 0.1) is 0 Å². The van der Waals surface area contributed by atoms with Gasteiger partial charge in [-0.2, -0.15) is 0 Å². The molecule has 18 heavy (non-hydrogen) atoms. The van der Waals surface area contributed by atoms with Gasteiger partial charge in [0.05, 0.1) is 10.0 Å². The van der Waals surface area contributed by atoms with Crippen molar-refractivity contribution in [2.75, 3.05) is 0 Å². The van der Waals surface area contributed by atoms with Gasteiger partial charge >= 0.3 is 0 Å². The molecule has 0 saturated carbocycles. The summed E-state index contributed by atoms with van der Waals surface area (Å²) < 4.78 is 0. The summed E-state index contributed by atoms with van der Waals surface area (Å²) in [6, 6.07) is 9.97. The number of hydrogen-bond donors (Lipinski definition) is 2. The van der Waals surface area contributed by atoms with Crippen LogP contribution in [0.5, 0.6) is 11.5 Å². The van der Waals surface area contributed by atoms with Crippen LogP contribution in [0.3, 0.4) is 0 Å². The molecule has 0 heterocycles. The molecule has 92 valence electrons. The van der Waals surface area contributed by atoms with Crippen LogP contribution < -0.4 is 0 Å². The van der Waals surface area contributed by atoms with E-state index in [1.54, 1.807) is 36.4 Å². The predicted molar refractivity (Wildman–Crippen MR) is 75.2 cm³/mol. The van der Waals surface area contributed by atoms with Crippen LogP contribution in [0.2, 0.25) is 10.0 Å². The topological polar surface area (TPSA) is 40.5 Å². The quantitative estimate of drug-likeness (QED) is 0.791. The molecule has 0 amide bonds. The van der Waals surface area contributed by atoms with Gasteiger partial charge in [-0.1, -0.05) is 59.6 Å². The fourth-order valence-electron chi connectivity index (χ4n) is 1.51. The fourth-order valence-corrected chi connectivity index (χ4v) is 1.89. The fraction of sp³-hybridized carbons (Fsp3) is 0. The molecular weight excluding hydrogens is 271 g/mol. The predicted octanol–water partition coefficient (Wildman–Crippen LogP) is 4.58. The van der Waals surface area contributed by atoms with Gasteiger partial charge in [0.25, 0.3) is 0 Å². The summed E-state index contributed by atoms with van der Waals surface area (Å²) in [5.41, 5.74) is 1.35. The molecule has 0 aliphatic carbocycles. The van der Waals surface area contributed by atoms with E-state index in [4.69, 9.17) is 23.2 Å². The zero-order valence-electron chi connectivity index (χ0n) is 9.27. The number of halogens is 2. The largest absolute Gasteiger partial charge is 0.506 e. The van der Waals surface area contributed by atoms with E-state index in [0.717, 1.165) is 0 Å². The molecule has 0 unspecified atom stereocenters. The number of hydrogen-bond acceptors (Lipinski definition) is 2. The number of rotatable bonds is 2. The Bertz CT molecular complexity index is 553. The molecule has 0 fully saturated rings. The van der Waals surface area contributed by atoms with Crippen LogP contribution in [0.1, 0.15) is 11.1 Å². The summed E-state index contributed by atoms with van der Waals surface area (Å²) in [6.07, 6.45) is 3.45. The standard InChI is InChI=1S/C14H10Cl2O2/c15-13-9(3-1-5-11(13)17)7-8-10-4-2-6-12(18)14(10)16/h1-8,17-18H/b8-7+. The van der Waals surface area contributed by atoms with Crippen molar-refractivity contribution in [3.8, 4) is 11.5 Å². The Morgan fingerprint density at radius 3 is 1.50 bits per heavy atom. The molecular formula is C14H10Cl2O2. The molecule has 0 radical (unpaired) electrons. The van der Waals surface area contributed by atoms with Gasteiger partial charge in [0, 0.05) is 0 Å². The van der Waals surface area contributed by atoms with E-state index in [9.17, 15) is 10.2 Å². The molecule has 0 aliphatic heterocycles.